The zero-order valence-electron chi connectivity index (χ0n) is 18.0. The maximum Gasteiger partial charge on any atom is 0.338 e. The summed E-state index contributed by atoms with van der Waals surface area (Å²) < 4.78 is 12.2. The highest BCUT2D eigenvalue weighted by Crippen LogP contribution is 2.59. The Bertz CT molecular complexity index is 898. The first-order valence-corrected chi connectivity index (χ1v) is 11.2. The van der Waals surface area contributed by atoms with Crippen LogP contribution in [0.25, 0.3) is 0 Å². The second kappa shape index (κ2) is 7.49. The number of carbonyl (C=O) groups is 2. The summed E-state index contributed by atoms with van der Waals surface area (Å²) in [5, 5.41) is 3.78. The van der Waals surface area contributed by atoms with Gasteiger partial charge in [0.15, 0.2) is 12.2 Å². The molecular weight excluding hydrogens is 390 g/mol. The minimum atomic E-state index is -0.544. The summed E-state index contributed by atoms with van der Waals surface area (Å²) in [6.45, 7) is 4.28. The molecule has 2 saturated heterocycles. The lowest BCUT2D eigenvalue weighted by Crippen LogP contribution is -2.59. The SMILES string of the molecule is CC12NC(C)(C3CCCCC31)C(OC(=O)c1ccccc1)C2OC(=O)c1ccccc1. The van der Waals surface area contributed by atoms with Gasteiger partial charge in [0.1, 0.15) is 0 Å². The van der Waals surface area contributed by atoms with E-state index in [1.807, 2.05) is 36.4 Å². The third kappa shape index (κ3) is 3.18. The van der Waals surface area contributed by atoms with Crippen LogP contribution in [-0.4, -0.2) is 35.2 Å². The van der Waals surface area contributed by atoms with E-state index in [1.54, 1.807) is 24.3 Å². The van der Waals surface area contributed by atoms with E-state index in [-0.39, 0.29) is 11.9 Å². The Hall–Kier alpha value is -2.66. The van der Waals surface area contributed by atoms with Crippen molar-refractivity contribution in [2.24, 2.45) is 11.8 Å². The fourth-order valence-corrected chi connectivity index (χ4v) is 6.41. The molecule has 2 aliphatic heterocycles. The first kappa shape index (κ1) is 20.3. The summed E-state index contributed by atoms with van der Waals surface area (Å²) in [4.78, 5) is 26.0. The van der Waals surface area contributed by atoms with Gasteiger partial charge >= 0.3 is 11.9 Å². The standard InChI is InChI=1S/C26H29NO4/c1-25-19-15-9-10-16-20(19)26(2,27-25)22(31-24(29)18-13-7-4-8-14-18)21(25)30-23(28)17-11-5-3-6-12-17/h3-8,11-14,19-22,27H,9-10,15-16H2,1-2H3. The van der Waals surface area contributed by atoms with Gasteiger partial charge in [0.2, 0.25) is 0 Å². The second-order valence-electron chi connectivity index (χ2n) is 9.57. The Morgan fingerprint density at radius 3 is 1.52 bits per heavy atom. The van der Waals surface area contributed by atoms with Crippen molar-refractivity contribution in [3.63, 3.8) is 0 Å². The van der Waals surface area contributed by atoms with Gasteiger partial charge in [-0.15, -0.1) is 0 Å². The number of ether oxygens (including phenoxy) is 2. The first-order valence-electron chi connectivity index (χ1n) is 11.2. The predicted molar refractivity (Wildman–Crippen MR) is 117 cm³/mol. The fraction of sp³-hybridized carbons (Fsp3) is 0.462. The van der Waals surface area contributed by atoms with E-state index in [4.69, 9.17) is 9.47 Å². The first-order chi connectivity index (χ1) is 14.9. The molecule has 2 bridgehead atoms. The zero-order chi connectivity index (χ0) is 21.6. The lowest BCUT2D eigenvalue weighted by atomic mass is 9.60. The van der Waals surface area contributed by atoms with Crippen LogP contribution in [0.4, 0.5) is 0 Å². The Morgan fingerprint density at radius 2 is 1.13 bits per heavy atom. The highest BCUT2D eigenvalue weighted by molar-refractivity contribution is 5.90. The van der Waals surface area contributed by atoms with Gasteiger partial charge in [-0.2, -0.15) is 0 Å². The number of fused-ring (bicyclic) bond motifs is 5. The van der Waals surface area contributed by atoms with Gasteiger partial charge in [-0.05, 0) is 62.8 Å². The number of hydrogen-bond acceptors (Lipinski definition) is 5. The lowest BCUT2D eigenvalue weighted by Gasteiger charge is -2.48. The molecule has 3 fully saturated rings. The molecule has 5 rings (SSSR count). The Kier molecular flexibility index (Phi) is 4.89. The molecule has 31 heavy (non-hydrogen) atoms. The normalized spacial score (nSPS) is 35.9. The molecule has 5 heteroatoms. The lowest BCUT2D eigenvalue weighted by molar-refractivity contribution is -0.0963. The molecule has 0 amide bonds. The van der Waals surface area contributed by atoms with Crippen molar-refractivity contribution >= 4 is 11.9 Å². The van der Waals surface area contributed by atoms with Crippen molar-refractivity contribution in [2.75, 3.05) is 0 Å². The third-order valence-corrected chi connectivity index (χ3v) is 7.79. The predicted octanol–water partition coefficient (Wildman–Crippen LogP) is 4.38. The number of esters is 2. The molecule has 6 atom stereocenters. The minimum Gasteiger partial charge on any atom is -0.453 e. The number of benzene rings is 2. The van der Waals surface area contributed by atoms with Crippen molar-refractivity contribution in [1.29, 1.82) is 0 Å². The molecular formula is C26H29NO4. The van der Waals surface area contributed by atoms with Crippen LogP contribution >= 0.6 is 0 Å². The highest BCUT2D eigenvalue weighted by atomic mass is 16.6. The molecule has 0 spiro atoms. The van der Waals surface area contributed by atoms with Crippen LogP contribution in [0.15, 0.2) is 60.7 Å². The average Bonchev–Trinajstić information content (AvgIpc) is 3.17. The molecule has 3 aliphatic rings. The van der Waals surface area contributed by atoms with E-state index >= 15 is 0 Å². The van der Waals surface area contributed by atoms with Crippen molar-refractivity contribution in [3.8, 4) is 0 Å². The van der Waals surface area contributed by atoms with Crippen LogP contribution in [0, 0.1) is 11.8 Å². The van der Waals surface area contributed by atoms with Crippen LogP contribution in [0.2, 0.25) is 0 Å². The maximum absolute atomic E-state index is 13.0. The zero-order valence-corrected chi connectivity index (χ0v) is 18.0. The largest absolute Gasteiger partial charge is 0.453 e. The van der Waals surface area contributed by atoms with Gasteiger partial charge in [0.25, 0.3) is 0 Å². The smallest absolute Gasteiger partial charge is 0.338 e. The summed E-state index contributed by atoms with van der Waals surface area (Å²) in [5.41, 5.74) is 0.164. The van der Waals surface area contributed by atoms with E-state index < -0.39 is 23.3 Å². The van der Waals surface area contributed by atoms with Crippen LogP contribution in [0.1, 0.15) is 60.2 Å². The van der Waals surface area contributed by atoms with Gasteiger partial charge < -0.3 is 9.47 Å². The minimum absolute atomic E-state index is 0.377. The molecule has 1 saturated carbocycles. The molecule has 6 unspecified atom stereocenters. The third-order valence-electron chi connectivity index (χ3n) is 7.79. The number of hydrogen-bond donors (Lipinski definition) is 1. The molecule has 0 aromatic heterocycles. The van der Waals surface area contributed by atoms with Crippen LogP contribution < -0.4 is 5.32 Å². The molecule has 5 nitrogen and oxygen atoms in total. The molecule has 2 aromatic rings. The molecule has 2 aromatic carbocycles. The van der Waals surface area contributed by atoms with E-state index in [1.165, 1.54) is 12.8 Å². The topological polar surface area (TPSA) is 64.6 Å². The Balaban J connectivity index is 1.48. The number of carbonyl (C=O) groups excluding carboxylic acids is 2. The van der Waals surface area contributed by atoms with Crippen molar-refractivity contribution < 1.29 is 19.1 Å². The van der Waals surface area contributed by atoms with E-state index in [0.717, 1.165) is 12.8 Å². The monoisotopic (exact) mass is 419 g/mol. The molecule has 2 heterocycles. The van der Waals surface area contributed by atoms with Gasteiger partial charge in [-0.25, -0.2) is 9.59 Å². The Labute approximate surface area is 183 Å². The molecule has 0 radical (unpaired) electrons. The maximum atomic E-state index is 13.0. The summed E-state index contributed by atoms with van der Waals surface area (Å²) >= 11 is 0. The van der Waals surface area contributed by atoms with Crippen LogP contribution in [0.5, 0.6) is 0 Å². The fourth-order valence-electron chi connectivity index (χ4n) is 6.41. The van der Waals surface area contributed by atoms with E-state index in [0.29, 0.717) is 23.0 Å². The quantitative estimate of drug-likeness (QED) is 0.745. The Morgan fingerprint density at radius 1 is 0.742 bits per heavy atom. The van der Waals surface area contributed by atoms with Gasteiger partial charge in [-0.1, -0.05) is 49.2 Å². The van der Waals surface area contributed by atoms with Crippen LogP contribution in [0.3, 0.4) is 0 Å². The van der Waals surface area contributed by atoms with Crippen molar-refractivity contribution in [2.45, 2.75) is 62.8 Å². The van der Waals surface area contributed by atoms with E-state index in [9.17, 15) is 9.59 Å². The van der Waals surface area contributed by atoms with Gasteiger partial charge in [-0.3, -0.25) is 5.32 Å². The van der Waals surface area contributed by atoms with E-state index in [2.05, 4.69) is 19.2 Å². The molecule has 1 N–H and O–H groups in total. The van der Waals surface area contributed by atoms with Crippen LogP contribution in [-0.2, 0) is 9.47 Å². The van der Waals surface area contributed by atoms with Crippen molar-refractivity contribution in [3.05, 3.63) is 71.8 Å². The van der Waals surface area contributed by atoms with Gasteiger partial charge in [0, 0.05) is 0 Å². The summed E-state index contributed by atoms with van der Waals surface area (Å²) in [7, 11) is 0. The second-order valence-corrected chi connectivity index (χ2v) is 9.57. The number of rotatable bonds is 4. The molecule has 1 aliphatic carbocycles. The summed E-state index contributed by atoms with van der Waals surface area (Å²) in [6, 6.07) is 18.0. The highest BCUT2D eigenvalue weighted by Gasteiger charge is 2.73. The summed E-state index contributed by atoms with van der Waals surface area (Å²) in [5.74, 6) is 0.0359. The van der Waals surface area contributed by atoms with Gasteiger partial charge in [0.05, 0.1) is 22.2 Å². The summed E-state index contributed by atoms with van der Waals surface area (Å²) in [6.07, 6.45) is 3.48. The average molecular weight is 420 g/mol. The molecule has 162 valence electrons. The van der Waals surface area contributed by atoms with Crippen molar-refractivity contribution in [1.82, 2.24) is 5.32 Å². The number of nitrogens with one attached hydrogen (secondary N) is 1.